The van der Waals surface area contributed by atoms with Gasteiger partial charge in [0, 0.05) is 35.5 Å². The van der Waals surface area contributed by atoms with Crippen LogP contribution in [-0.4, -0.2) is 29.9 Å². The lowest BCUT2D eigenvalue weighted by Crippen LogP contribution is -2.29. The fourth-order valence-electron chi connectivity index (χ4n) is 2.78. The van der Waals surface area contributed by atoms with Crippen LogP contribution in [-0.2, 0) is 11.3 Å². The molecule has 0 spiro atoms. The number of carbonyl (C=O) groups is 1. The maximum absolute atomic E-state index is 12.5. The number of amides is 1. The highest BCUT2D eigenvalue weighted by Crippen LogP contribution is 2.25. The number of ether oxygens (including phenoxy) is 2. The fourth-order valence-corrected chi connectivity index (χ4v) is 2.78. The summed E-state index contributed by atoms with van der Waals surface area (Å²) in [7, 11) is 3.06. The smallest absolute Gasteiger partial charge is 0.267 e. The third kappa shape index (κ3) is 4.37. The number of aromatic nitrogens is 2. The first-order valence-electron chi connectivity index (χ1n) is 8.67. The lowest BCUT2D eigenvalue weighted by atomic mass is 10.1. The summed E-state index contributed by atoms with van der Waals surface area (Å²) in [5, 5.41) is 7.09. The molecule has 7 nitrogen and oxygen atoms in total. The highest BCUT2D eigenvalue weighted by Gasteiger charge is 2.11. The Kier molecular flexibility index (Phi) is 5.74. The Morgan fingerprint density at radius 1 is 1.04 bits per heavy atom. The van der Waals surface area contributed by atoms with Gasteiger partial charge in [0.15, 0.2) is 0 Å². The summed E-state index contributed by atoms with van der Waals surface area (Å²) >= 11 is 0. The van der Waals surface area contributed by atoms with Crippen LogP contribution in [0.1, 0.15) is 5.56 Å². The van der Waals surface area contributed by atoms with Crippen LogP contribution in [0.5, 0.6) is 11.5 Å². The molecule has 0 atom stereocenters. The van der Waals surface area contributed by atoms with Gasteiger partial charge in [-0.2, -0.15) is 5.10 Å². The molecular weight excluding hydrogens is 358 g/mol. The molecule has 28 heavy (non-hydrogen) atoms. The first kappa shape index (κ1) is 19.2. The van der Waals surface area contributed by atoms with Gasteiger partial charge in [0.2, 0.25) is 5.91 Å². The third-order valence-electron chi connectivity index (χ3n) is 4.22. The van der Waals surface area contributed by atoms with E-state index in [1.807, 2.05) is 31.2 Å². The lowest BCUT2D eigenvalue weighted by molar-refractivity contribution is -0.117. The number of carbonyl (C=O) groups excluding carboxylic acids is 1. The number of hydrogen-bond acceptors (Lipinski definition) is 5. The number of anilines is 1. The third-order valence-corrected chi connectivity index (χ3v) is 4.22. The Morgan fingerprint density at radius 2 is 1.71 bits per heavy atom. The van der Waals surface area contributed by atoms with E-state index in [9.17, 15) is 9.59 Å². The van der Waals surface area contributed by atoms with Crippen LogP contribution >= 0.6 is 0 Å². The second kappa shape index (κ2) is 8.39. The highest BCUT2D eigenvalue weighted by atomic mass is 16.5. The largest absolute Gasteiger partial charge is 0.497 e. The summed E-state index contributed by atoms with van der Waals surface area (Å²) in [4.78, 5) is 24.6. The predicted molar refractivity (Wildman–Crippen MR) is 107 cm³/mol. The Bertz CT molecular complexity index is 1040. The van der Waals surface area contributed by atoms with Crippen molar-refractivity contribution in [2.45, 2.75) is 13.5 Å². The van der Waals surface area contributed by atoms with Crippen LogP contribution in [0, 0.1) is 6.92 Å². The van der Waals surface area contributed by atoms with E-state index in [1.165, 1.54) is 20.3 Å². The molecule has 0 saturated carbocycles. The minimum absolute atomic E-state index is 0.210. The van der Waals surface area contributed by atoms with Crippen molar-refractivity contribution in [2.75, 3.05) is 19.5 Å². The summed E-state index contributed by atoms with van der Waals surface area (Å²) in [5.41, 5.74) is 2.73. The summed E-state index contributed by atoms with van der Waals surface area (Å²) in [5.74, 6) is 0.713. The van der Waals surface area contributed by atoms with Crippen molar-refractivity contribution in [3.8, 4) is 22.8 Å². The lowest BCUT2D eigenvalue weighted by Gasteiger charge is -2.11. The minimum Gasteiger partial charge on any atom is -0.497 e. The van der Waals surface area contributed by atoms with E-state index in [4.69, 9.17) is 9.47 Å². The molecule has 3 aromatic rings. The van der Waals surface area contributed by atoms with E-state index in [-0.39, 0.29) is 18.0 Å². The maximum atomic E-state index is 12.5. The van der Waals surface area contributed by atoms with Gasteiger partial charge in [-0.15, -0.1) is 0 Å². The van der Waals surface area contributed by atoms with Crippen molar-refractivity contribution < 1.29 is 14.3 Å². The van der Waals surface area contributed by atoms with E-state index in [0.29, 0.717) is 22.9 Å². The first-order valence-corrected chi connectivity index (χ1v) is 8.67. The van der Waals surface area contributed by atoms with E-state index < -0.39 is 0 Å². The van der Waals surface area contributed by atoms with Gasteiger partial charge in [0.05, 0.1) is 19.9 Å². The normalized spacial score (nSPS) is 10.4. The predicted octanol–water partition coefficient (Wildman–Crippen LogP) is 2.87. The van der Waals surface area contributed by atoms with Gasteiger partial charge in [0.25, 0.3) is 5.56 Å². The quantitative estimate of drug-likeness (QED) is 0.712. The Balaban J connectivity index is 1.82. The molecule has 0 aliphatic rings. The van der Waals surface area contributed by atoms with Crippen molar-refractivity contribution in [1.29, 1.82) is 0 Å². The number of hydrogen-bond donors (Lipinski definition) is 1. The van der Waals surface area contributed by atoms with Gasteiger partial charge in [-0.05, 0) is 18.6 Å². The zero-order chi connectivity index (χ0) is 20.1. The number of nitrogens with zero attached hydrogens (tertiary/aromatic N) is 2. The monoisotopic (exact) mass is 379 g/mol. The van der Waals surface area contributed by atoms with E-state index in [2.05, 4.69) is 10.4 Å². The topological polar surface area (TPSA) is 82.5 Å². The second-order valence-electron chi connectivity index (χ2n) is 6.18. The molecule has 7 heteroatoms. The molecule has 3 rings (SSSR count). The van der Waals surface area contributed by atoms with Gasteiger partial charge in [-0.1, -0.05) is 24.3 Å². The van der Waals surface area contributed by atoms with E-state index in [0.717, 1.165) is 15.8 Å². The summed E-state index contributed by atoms with van der Waals surface area (Å²) < 4.78 is 11.5. The van der Waals surface area contributed by atoms with Crippen LogP contribution in [0.25, 0.3) is 11.3 Å². The molecule has 0 unspecified atom stereocenters. The molecule has 1 aromatic heterocycles. The highest BCUT2D eigenvalue weighted by molar-refractivity contribution is 5.91. The van der Waals surface area contributed by atoms with Crippen LogP contribution in [0.15, 0.2) is 59.4 Å². The van der Waals surface area contributed by atoms with Gasteiger partial charge in [0.1, 0.15) is 18.0 Å². The fraction of sp³-hybridized carbons (Fsp3) is 0.190. The van der Waals surface area contributed by atoms with Crippen LogP contribution in [0.2, 0.25) is 0 Å². The number of benzene rings is 2. The zero-order valence-electron chi connectivity index (χ0n) is 15.9. The molecule has 1 amide bonds. The molecule has 0 aliphatic heterocycles. The van der Waals surface area contributed by atoms with Crippen LogP contribution < -0.4 is 20.3 Å². The summed E-state index contributed by atoms with van der Waals surface area (Å²) in [6.07, 6.45) is 0. The van der Waals surface area contributed by atoms with Crippen LogP contribution in [0.4, 0.5) is 5.69 Å². The van der Waals surface area contributed by atoms with Crippen molar-refractivity contribution in [2.24, 2.45) is 0 Å². The van der Waals surface area contributed by atoms with Crippen molar-refractivity contribution in [3.05, 3.63) is 70.5 Å². The molecule has 1 heterocycles. The number of aryl methyl sites for hydroxylation is 1. The van der Waals surface area contributed by atoms with Gasteiger partial charge in [-0.25, -0.2) is 4.68 Å². The number of nitrogens with one attached hydrogen (secondary N) is 1. The molecular formula is C21H21N3O4. The molecule has 144 valence electrons. The number of rotatable bonds is 6. The Labute approximate surface area is 162 Å². The summed E-state index contributed by atoms with van der Waals surface area (Å²) in [6.45, 7) is 1.76. The molecule has 0 saturated heterocycles. The SMILES string of the molecule is COc1cc(NC(=O)Cn2nc(-c3ccccc3C)ccc2=O)cc(OC)c1. The Morgan fingerprint density at radius 3 is 2.36 bits per heavy atom. The molecule has 0 aliphatic carbocycles. The first-order chi connectivity index (χ1) is 13.5. The van der Waals surface area contributed by atoms with Crippen molar-refractivity contribution in [3.63, 3.8) is 0 Å². The average Bonchev–Trinajstić information content (AvgIpc) is 2.69. The molecule has 0 bridgehead atoms. The minimum atomic E-state index is -0.383. The molecule has 0 radical (unpaired) electrons. The summed E-state index contributed by atoms with van der Waals surface area (Å²) in [6, 6.07) is 15.8. The standard InChI is InChI=1S/C21H21N3O4/c1-14-6-4-5-7-18(14)19-8-9-21(26)24(23-19)13-20(25)22-15-10-16(27-2)12-17(11-15)28-3/h4-12H,13H2,1-3H3,(H,22,25). The molecule has 1 N–H and O–H groups in total. The van der Waals surface area contributed by atoms with Crippen LogP contribution in [0.3, 0.4) is 0 Å². The number of methoxy groups -OCH3 is 2. The zero-order valence-corrected chi connectivity index (χ0v) is 15.9. The Hall–Kier alpha value is -3.61. The molecule has 2 aromatic carbocycles. The van der Waals surface area contributed by atoms with Gasteiger partial charge >= 0.3 is 0 Å². The van der Waals surface area contributed by atoms with Crippen molar-refractivity contribution >= 4 is 11.6 Å². The average molecular weight is 379 g/mol. The van der Waals surface area contributed by atoms with E-state index >= 15 is 0 Å². The van der Waals surface area contributed by atoms with Gasteiger partial charge < -0.3 is 14.8 Å². The molecule has 0 fully saturated rings. The van der Waals surface area contributed by atoms with E-state index in [1.54, 1.807) is 24.3 Å². The second-order valence-corrected chi connectivity index (χ2v) is 6.18. The maximum Gasteiger partial charge on any atom is 0.267 e. The van der Waals surface area contributed by atoms with Crippen molar-refractivity contribution in [1.82, 2.24) is 9.78 Å². The van der Waals surface area contributed by atoms with Gasteiger partial charge in [-0.3, -0.25) is 9.59 Å².